The Morgan fingerprint density at radius 2 is 1.92 bits per heavy atom. The van der Waals surface area contributed by atoms with Gasteiger partial charge >= 0.3 is 0 Å². The predicted octanol–water partition coefficient (Wildman–Crippen LogP) is 1.79. The molecular formula is C16H16N4O5. The van der Waals surface area contributed by atoms with E-state index in [1.54, 1.807) is 6.07 Å². The SMILES string of the molecule is O=C(N/N=C\c1ccc(N2CCOCC2)o1)c1ccc([N+](=O)[O-])cc1. The summed E-state index contributed by atoms with van der Waals surface area (Å²) < 4.78 is 10.9. The van der Waals surface area contributed by atoms with E-state index in [0.29, 0.717) is 19.0 Å². The molecule has 1 aromatic carbocycles. The molecule has 0 bridgehead atoms. The van der Waals surface area contributed by atoms with Crippen LogP contribution in [0, 0.1) is 10.1 Å². The third-order valence-corrected chi connectivity index (χ3v) is 3.63. The molecule has 130 valence electrons. The van der Waals surface area contributed by atoms with E-state index in [2.05, 4.69) is 15.4 Å². The fraction of sp³-hybridized carbons (Fsp3) is 0.250. The van der Waals surface area contributed by atoms with Gasteiger partial charge in [0.15, 0.2) is 5.88 Å². The van der Waals surface area contributed by atoms with Crippen LogP contribution in [-0.2, 0) is 4.74 Å². The molecule has 1 aromatic heterocycles. The summed E-state index contributed by atoms with van der Waals surface area (Å²) >= 11 is 0. The van der Waals surface area contributed by atoms with Crippen LogP contribution >= 0.6 is 0 Å². The Morgan fingerprint density at radius 1 is 1.20 bits per heavy atom. The molecule has 0 atom stereocenters. The van der Waals surface area contributed by atoms with E-state index in [-0.39, 0.29) is 11.3 Å². The summed E-state index contributed by atoms with van der Waals surface area (Å²) in [5, 5.41) is 14.4. The van der Waals surface area contributed by atoms with E-state index >= 15 is 0 Å². The van der Waals surface area contributed by atoms with Gasteiger partial charge in [0.25, 0.3) is 11.6 Å². The van der Waals surface area contributed by atoms with Crippen LogP contribution in [-0.4, -0.2) is 43.3 Å². The van der Waals surface area contributed by atoms with Gasteiger partial charge in [-0.3, -0.25) is 14.9 Å². The van der Waals surface area contributed by atoms with Crippen molar-refractivity contribution in [2.75, 3.05) is 31.2 Å². The average Bonchev–Trinajstić information content (AvgIpc) is 3.11. The number of amides is 1. The Kier molecular flexibility index (Phi) is 5.05. The Morgan fingerprint density at radius 3 is 2.60 bits per heavy atom. The number of hydrogen-bond donors (Lipinski definition) is 1. The third kappa shape index (κ3) is 4.21. The molecule has 0 unspecified atom stereocenters. The lowest BCUT2D eigenvalue weighted by atomic mass is 10.2. The van der Waals surface area contributed by atoms with E-state index < -0.39 is 10.8 Å². The first-order chi connectivity index (χ1) is 12.1. The molecule has 1 amide bonds. The van der Waals surface area contributed by atoms with Gasteiger partial charge < -0.3 is 14.1 Å². The first kappa shape index (κ1) is 16.7. The molecule has 25 heavy (non-hydrogen) atoms. The highest BCUT2D eigenvalue weighted by molar-refractivity contribution is 5.94. The molecule has 2 heterocycles. The lowest BCUT2D eigenvalue weighted by Crippen LogP contribution is -2.35. The van der Waals surface area contributed by atoms with Crippen molar-refractivity contribution < 1.29 is 18.9 Å². The minimum atomic E-state index is -0.525. The number of non-ortho nitro benzene ring substituents is 1. The molecule has 0 saturated carbocycles. The molecule has 0 radical (unpaired) electrons. The predicted molar refractivity (Wildman–Crippen MR) is 89.9 cm³/mol. The van der Waals surface area contributed by atoms with Crippen molar-refractivity contribution in [2.45, 2.75) is 0 Å². The minimum Gasteiger partial charge on any atom is -0.440 e. The number of hydrazone groups is 1. The third-order valence-electron chi connectivity index (χ3n) is 3.63. The number of benzene rings is 1. The van der Waals surface area contributed by atoms with E-state index in [0.717, 1.165) is 19.0 Å². The molecule has 1 saturated heterocycles. The number of nitrogens with one attached hydrogen (secondary N) is 1. The zero-order valence-electron chi connectivity index (χ0n) is 13.3. The van der Waals surface area contributed by atoms with Gasteiger partial charge in [0.1, 0.15) is 5.76 Å². The minimum absolute atomic E-state index is 0.0775. The van der Waals surface area contributed by atoms with E-state index in [9.17, 15) is 14.9 Å². The molecule has 0 spiro atoms. The molecule has 1 fully saturated rings. The van der Waals surface area contributed by atoms with Crippen molar-refractivity contribution in [3.63, 3.8) is 0 Å². The number of furan rings is 1. The summed E-state index contributed by atoms with van der Waals surface area (Å²) in [6.45, 7) is 2.85. The first-order valence-electron chi connectivity index (χ1n) is 7.64. The van der Waals surface area contributed by atoms with Crippen LogP contribution in [0.4, 0.5) is 11.6 Å². The fourth-order valence-corrected chi connectivity index (χ4v) is 2.32. The van der Waals surface area contributed by atoms with E-state index in [1.165, 1.54) is 30.5 Å². The van der Waals surface area contributed by atoms with Crippen LogP contribution in [0.15, 0.2) is 45.9 Å². The lowest BCUT2D eigenvalue weighted by molar-refractivity contribution is -0.384. The molecule has 1 aliphatic rings. The quantitative estimate of drug-likeness (QED) is 0.503. The van der Waals surface area contributed by atoms with Gasteiger partial charge in [0.05, 0.1) is 24.4 Å². The normalized spacial score (nSPS) is 14.6. The van der Waals surface area contributed by atoms with Gasteiger partial charge in [0, 0.05) is 36.9 Å². The maximum atomic E-state index is 11.9. The van der Waals surface area contributed by atoms with Crippen LogP contribution in [0.3, 0.4) is 0 Å². The number of nitrogens with zero attached hydrogens (tertiary/aromatic N) is 3. The van der Waals surface area contributed by atoms with Gasteiger partial charge in [-0.25, -0.2) is 5.43 Å². The molecule has 1 aliphatic heterocycles. The standard InChI is InChI=1S/C16H16N4O5/c21-16(12-1-3-13(4-2-12)20(22)23)18-17-11-14-5-6-15(25-14)19-7-9-24-10-8-19/h1-6,11H,7-10H2,(H,18,21)/b17-11-. The van der Waals surface area contributed by atoms with Crippen molar-refractivity contribution >= 4 is 23.7 Å². The van der Waals surface area contributed by atoms with E-state index in [1.807, 2.05) is 6.07 Å². The lowest BCUT2D eigenvalue weighted by Gasteiger charge is -2.26. The van der Waals surface area contributed by atoms with Crippen molar-refractivity contribution in [1.82, 2.24) is 5.43 Å². The molecule has 9 nitrogen and oxygen atoms in total. The number of ether oxygens (including phenoxy) is 1. The van der Waals surface area contributed by atoms with Crippen LogP contribution in [0.1, 0.15) is 16.1 Å². The highest BCUT2D eigenvalue weighted by atomic mass is 16.6. The number of morpholine rings is 1. The Hall–Kier alpha value is -3.20. The van der Waals surface area contributed by atoms with Crippen molar-refractivity contribution in [3.8, 4) is 0 Å². The van der Waals surface area contributed by atoms with Crippen LogP contribution in [0.2, 0.25) is 0 Å². The summed E-state index contributed by atoms with van der Waals surface area (Å²) in [6.07, 6.45) is 1.40. The Balaban J connectivity index is 1.56. The summed E-state index contributed by atoms with van der Waals surface area (Å²) in [5.74, 6) is 0.767. The number of nitro groups is 1. The summed E-state index contributed by atoms with van der Waals surface area (Å²) in [4.78, 5) is 24.0. The largest absolute Gasteiger partial charge is 0.440 e. The van der Waals surface area contributed by atoms with Gasteiger partial charge in [0.2, 0.25) is 0 Å². The van der Waals surface area contributed by atoms with Crippen LogP contribution < -0.4 is 10.3 Å². The number of carbonyl (C=O) groups is 1. The molecule has 2 aromatic rings. The number of carbonyl (C=O) groups excluding carboxylic acids is 1. The molecule has 1 N–H and O–H groups in total. The van der Waals surface area contributed by atoms with Gasteiger partial charge in [-0.1, -0.05) is 0 Å². The van der Waals surface area contributed by atoms with Crippen molar-refractivity contribution in [1.29, 1.82) is 0 Å². The molecule has 3 rings (SSSR count). The van der Waals surface area contributed by atoms with E-state index in [4.69, 9.17) is 9.15 Å². The highest BCUT2D eigenvalue weighted by Crippen LogP contribution is 2.18. The van der Waals surface area contributed by atoms with Gasteiger partial charge in [-0.05, 0) is 18.2 Å². The average molecular weight is 344 g/mol. The number of hydrogen-bond acceptors (Lipinski definition) is 7. The molecular weight excluding hydrogens is 328 g/mol. The van der Waals surface area contributed by atoms with Crippen molar-refractivity contribution in [2.24, 2.45) is 5.10 Å². The first-order valence-corrected chi connectivity index (χ1v) is 7.64. The smallest absolute Gasteiger partial charge is 0.271 e. The zero-order valence-corrected chi connectivity index (χ0v) is 13.3. The number of anilines is 1. The van der Waals surface area contributed by atoms with Gasteiger partial charge in [-0.15, -0.1) is 0 Å². The maximum Gasteiger partial charge on any atom is 0.271 e. The summed E-state index contributed by atoms with van der Waals surface area (Å²) in [7, 11) is 0. The second-order valence-corrected chi connectivity index (χ2v) is 5.28. The van der Waals surface area contributed by atoms with Crippen molar-refractivity contribution in [3.05, 3.63) is 57.8 Å². The summed E-state index contributed by atoms with van der Waals surface area (Å²) in [5.41, 5.74) is 2.55. The molecule has 9 heteroatoms. The summed E-state index contributed by atoms with van der Waals surface area (Å²) in [6, 6.07) is 8.86. The van der Waals surface area contributed by atoms with Gasteiger partial charge in [-0.2, -0.15) is 5.10 Å². The second kappa shape index (κ2) is 7.58. The maximum absolute atomic E-state index is 11.9. The topological polar surface area (TPSA) is 110 Å². The van der Waals surface area contributed by atoms with Crippen LogP contribution in [0.25, 0.3) is 0 Å². The van der Waals surface area contributed by atoms with Crippen LogP contribution in [0.5, 0.6) is 0 Å². The number of nitro benzene ring substituents is 1. The number of rotatable bonds is 5. The fourth-order valence-electron chi connectivity index (χ4n) is 2.32. The second-order valence-electron chi connectivity index (χ2n) is 5.28. The molecule has 0 aliphatic carbocycles. The zero-order chi connectivity index (χ0) is 17.6. The highest BCUT2D eigenvalue weighted by Gasteiger charge is 2.14. The Bertz CT molecular complexity index is 778. The monoisotopic (exact) mass is 344 g/mol. The Labute approximate surface area is 143 Å².